The van der Waals surface area contributed by atoms with Crippen LogP contribution >= 0.6 is 0 Å². The van der Waals surface area contributed by atoms with E-state index >= 15 is 0 Å². The highest BCUT2D eigenvalue weighted by Gasteiger charge is 2.14. The number of nitrogens with one attached hydrogen (secondary N) is 2. The van der Waals surface area contributed by atoms with Crippen LogP contribution in [0, 0.1) is 0 Å². The van der Waals surface area contributed by atoms with E-state index < -0.39 is 0 Å². The molecule has 1 aromatic carbocycles. The van der Waals surface area contributed by atoms with Crippen LogP contribution in [0.4, 0.5) is 5.69 Å². The van der Waals surface area contributed by atoms with Crippen molar-refractivity contribution in [3.63, 3.8) is 0 Å². The second-order valence-electron chi connectivity index (χ2n) is 5.96. The first kappa shape index (κ1) is 17.3. The molecule has 1 saturated heterocycles. The number of amides is 1. The van der Waals surface area contributed by atoms with E-state index in [-0.39, 0.29) is 23.3 Å². The monoisotopic (exact) mass is 343 g/mol. The van der Waals surface area contributed by atoms with E-state index in [0.29, 0.717) is 18.9 Å². The predicted molar refractivity (Wildman–Crippen MR) is 92.5 cm³/mol. The first-order valence-corrected chi connectivity index (χ1v) is 8.36. The summed E-state index contributed by atoms with van der Waals surface area (Å²) in [6.07, 6.45) is 3.54. The Balaban J connectivity index is 1.52. The Morgan fingerprint density at radius 1 is 1.32 bits per heavy atom. The fourth-order valence-corrected chi connectivity index (χ4v) is 2.65. The van der Waals surface area contributed by atoms with Crippen molar-refractivity contribution in [3.8, 4) is 0 Å². The van der Waals surface area contributed by atoms with Gasteiger partial charge in [0.25, 0.3) is 11.5 Å². The number of hydrogen-bond donors (Lipinski definition) is 2. The second kappa shape index (κ2) is 8.55. The summed E-state index contributed by atoms with van der Waals surface area (Å²) < 4.78 is 11.4. The van der Waals surface area contributed by atoms with Gasteiger partial charge >= 0.3 is 0 Å². The number of carbonyl (C=O) groups excluding carboxylic acids is 1. The molecule has 1 atom stereocenters. The van der Waals surface area contributed by atoms with Crippen LogP contribution in [0.5, 0.6) is 0 Å². The number of H-pyrrole nitrogens is 1. The highest BCUT2D eigenvalue weighted by atomic mass is 16.5. The maximum Gasteiger partial charge on any atom is 0.276 e. The van der Waals surface area contributed by atoms with Gasteiger partial charge in [0, 0.05) is 18.4 Å². The first-order chi connectivity index (χ1) is 12.2. The molecule has 1 aromatic heterocycles. The molecule has 7 heteroatoms. The number of benzene rings is 1. The van der Waals surface area contributed by atoms with Crippen molar-refractivity contribution in [2.75, 3.05) is 18.5 Å². The molecule has 132 valence electrons. The van der Waals surface area contributed by atoms with Crippen molar-refractivity contribution < 1.29 is 14.3 Å². The van der Waals surface area contributed by atoms with Crippen molar-refractivity contribution >= 4 is 11.6 Å². The molecule has 2 heterocycles. The van der Waals surface area contributed by atoms with Gasteiger partial charge in [-0.1, -0.05) is 12.1 Å². The fraction of sp³-hybridized carbons (Fsp3) is 0.389. The van der Waals surface area contributed by atoms with Crippen LogP contribution in [0.1, 0.15) is 35.3 Å². The van der Waals surface area contributed by atoms with E-state index in [1.165, 1.54) is 18.6 Å². The molecule has 1 amide bonds. The van der Waals surface area contributed by atoms with Gasteiger partial charge in [0.1, 0.15) is 5.69 Å². The maximum absolute atomic E-state index is 12.1. The van der Waals surface area contributed by atoms with Crippen molar-refractivity contribution in [1.82, 2.24) is 10.2 Å². The lowest BCUT2D eigenvalue weighted by atomic mass is 10.1. The summed E-state index contributed by atoms with van der Waals surface area (Å²) in [5.41, 5.74) is 1.41. The molecule has 7 nitrogen and oxygen atoms in total. The lowest BCUT2D eigenvalue weighted by Crippen LogP contribution is -2.24. The zero-order chi connectivity index (χ0) is 17.5. The molecule has 2 N–H and O–H groups in total. The minimum absolute atomic E-state index is 0.149. The van der Waals surface area contributed by atoms with Gasteiger partial charge in [0.2, 0.25) is 0 Å². The molecule has 0 aliphatic carbocycles. The Morgan fingerprint density at radius 3 is 3.00 bits per heavy atom. The zero-order valence-electron chi connectivity index (χ0n) is 13.9. The van der Waals surface area contributed by atoms with Crippen molar-refractivity contribution in [2.24, 2.45) is 0 Å². The standard InChI is InChI=1S/C18H21N3O4/c22-17-8-7-16(20-21-17)18(23)19-14-5-3-4-13(10-14)11-24-12-15-6-1-2-9-25-15/h3-5,7-8,10,15H,1-2,6,9,11-12H2,(H,19,23)(H,21,22)/t15-/m1/s1. The normalized spacial score (nSPS) is 17.2. The lowest BCUT2D eigenvalue weighted by molar-refractivity contribution is -0.0447. The van der Waals surface area contributed by atoms with E-state index in [1.807, 2.05) is 18.2 Å². The molecule has 2 aromatic rings. The Hall–Kier alpha value is -2.51. The summed E-state index contributed by atoms with van der Waals surface area (Å²) in [4.78, 5) is 23.1. The van der Waals surface area contributed by atoms with Gasteiger partial charge in [-0.2, -0.15) is 5.10 Å². The number of hydrogen-bond acceptors (Lipinski definition) is 5. The number of aromatic amines is 1. The van der Waals surface area contributed by atoms with Gasteiger partial charge in [-0.15, -0.1) is 0 Å². The van der Waals surface area contributed by atoms with Gasteiger partial charge < -0.3 is 14.8 Å². The summed E-state index contributed by atoms with van der Waals surface area (Å²) in [6.45, 7) is 1.85. The molecule has 0 unspecified atom stereocenters. The molecule has 0 spiro atoms. The number of rotatable bonds is 6. The molecule has 1 aliphatic rings. The van der Waals surface area contributed by atoms with Crippen LogP contribution in [0.25, 0.3) is 0 Å². The van der Waals surface area contributed by atoms with Crippen LogP contribution in [0.15, 0.2) is 41.2 Å². The smallest absolute Gasteiger partial charge is 0.276 e. The van der Waals surface area contributed by atoms with E-state index in [2.05, 4.69) is 15.5 Å². The quantitative estimate of drug-likeness (QED) is 0.838. The molecule has 3 rings (SSSR count). The summed E-state index contributed by atoms with van der Waals surface area (Å²) in [5.74, 6) is -0.384. The predicted octanol–water partition coefficient (Wildman–Crippen LogP) is 2.11. The molecule has 0 saturated carbocycles. The van der Waals surface area contributed by atoms with Gasteiger partial charge in [0.15, 0.2) is 0 Å². The summed E-state index contributed by atoms with van der Waals surface area (Å²) in [6, 6.07) is 10.1. The number of anilines is 1. The number of carbonyl (C=O) groups is 1. The van der Waals surface area contributed by atoms with Crippen LogP contribution < -0.4 is 10.9 Å². The zero-order valence-corrected chi connectivity index (χ0v) is 13.9. The molecule has 1 aliphatic heterocycles. The van der Waals surface area contributed by atoms with Crippen LogP contribution in [0.2, 0.25) is 0 Å². The van der Waals surface area contributed by atoms with Crippen LogP contribution in [-0.4, -0.2) is 35.4 Å². The highest BCUT2D eigenvalue weighted by Crippen LogP contribution is 2.15. The summed E-state index contributed by atoms with van der Waals surface area (Å²) in [7, 11) is 0. The third-order valence-corrected chi connectivity index (χ3v) is 3.94. The summed E-state index contributed by atoms with van der Waals surface area (Å²) in [5, 5.41) is 8.70. The van der Waals surface area contributed by atoms with Crippen molar-refractivity contribution in [2.45, 2.75) is 32.0 Å². The van der Waals surface area contributed by atoms with Crippen molar-refractivity contribution in [1.29, 1.82) is 0 Å². The third kappa shape index (κ3) is 5.23. The average Bonchev–Trinajstić information content (AvgIpc) is 2.63. The van der Waals surface area contributed by atoms with Gasteiger partial charge in [-0.25, -0.2) is 5.10 Å². The maximum atomic E-state index is 12.1. The second-order valence-corrected chi connectivity index (χ2v) is 5.96. The Bertz CT molecular complexity index is 748. The van der Waals surface area contributed by atoms with E-state index in [9.17, 15) is 9.59 Å². The molecule has 0 radical (unpaired) electrons. The summed E-state index contributed by atoms with van der Waals surface area (Å²) >= 11 is 0. The topological polar surface area (TPSA) is 93.3 Å². The molecular formula is C18H21N3O4. The average molecular weight is 343 g/mol. The van der Waals surface area contributed by atoms with Crippen LogP contribution in [0.3, 0.4) is 0 Å². The fourth-order valence-electron chi connectivity index (χ4n) is 2.65. The van der Waals surface area contributed by atoms with Gasteiger partial charge in [-0.05, 0) is 43.0 Å². The molecular weight excluding hydrogens is 322 g/mol. The minimum atomic E-state index is -0.384. The van der Waals surface area contributed by atoms with E-state index in [4.69, 9.17) is 9.47 Å². The Kier molecular flexibility index (Phi) is 5.92. The van der Waals surface area contributed by atoms with E-state index in [0.717, 1.165) is 25.0 Å². The van der Waals surface area contributed by atoms with Gasteiger partial charge in [0.05, 0.1) is 19.3 Å². The first-order valence-electron chi connectivity index (χ1n) is 8.36. The van der Waals surface area contributed by atoms with E-state index in [1.54, 1.807) is 6.07 Å². The highest BCUT2D eigenvalue weighted by molar-refractivity contribution is 6.02. The Labute approximate surface area is 145 Å². The number of nitrogens with zero attached hydrogens (tertiary/aromatic N) is 1. The number of aromatic nitrogens is 2. The molecule has 1 fully saturated rings. The molecule has 0 bridgehead atoms. The lowest BCUT2D eigenvalue weighted by Gasteiger charge is -2.22. The van der Waals surface area contributed by atoms with Crippen LogP contribution in [-0.2, 0) is 16.1 Å². The largest absolute Gasteiger partial charge is 0.376 e. The van der Waals surface area contributed by atoms with Gasteiger partial charge in [-0.3, -0.25) is 9.59 Å². The minimum Gasteiger partial charge on any atom is -0.376 e. The molecule has 25 heavy (non-hydrogen) atoms. The van der Waals surface area contributed by atoms with Crippen molar-refractivity contribution in [3.05, 3.63) is 58.0 Å². The third-order valence-electron chi connectivity index (χ3n) is 3.94. The Morgan fingerprint density at radius 2 is 2.24 bits per heavy atom. The number of ether oxygens (including phenoxy) is 2. The SMILES string of the molecule is O=C(Nc1cccc(COC[C@H]2CCCCO2)c1)c1ccc(=O)[nH]n1.